The van der Waals surface area contributed by atoms with Gasteiger partial charge in [0.05, 0.1) is 43.8 Å². The number of hydrogen-bond acceptors (Lipinski definition) is 8. The number of rotatable bonds is 15. The van der Waals surface area contributed by atoms with Crippen molar-refractivity contribution in [3.63, 3.8) is 0 Å². The zero-order valence-corrected chi connectivity index (χ0v) is 23.8. The molecule has 0 aliphatic rings. The molecule has 0 aliphatic carbocycles. The Morgan fingerprint density at radius 1 is 1.10 bits per heavy atom. The Balaban J connectivity index is 1.58. The third kappa shape index (κ3) is 8.56. The first kappa shape index (κ1) is 30.6. The van der Waals surface area contributed by atoms with Crippen molar-refractivity contribution >= 4 is 28.3 Å². The van der Waals surface area contributed by atoms with Crippen LogP contribution < -0.4 is 15.4 Å². The number of aromatic nitrogens is 2. The number of aliphatic hydroxyl groups is 1. The number of benzene rings is 3. The third-order valence-electron chi connectivity index (χ3n) is 6.53. The lowest BCUT2D eigenvalue weighted by Crippen LogP contribution is -2.24. The second kappa shape index (κ2) is 15.6. The number of ether oxygens (including phenoxy) is 2. The van der Waals surface area contributed by atoms with Gasteiger partial charge in [-0.15, -0.1) is 0 Å². The molecule has 10 heteroatoms. The minimum Gasteiger partial charge on any atom is -0.492 e. The number of aliphatic hydroxyl groups excluding tert-OH is 1. The van der Waals surface area contributed by atoms with Gasteiger partial charge in [0.1, 0.15) is 23.7 Å². The van der Waals surface area contributed by atoms with E-state index in [1.54, 1.807) is 29.2 Å². The summed E-state index contributed by atoms with van der Waals surface area (Å²) in [5.74, 6) is 0.404. The van der Waals surface area contributed by atoms with E-state index in [1.807, 2.05) is 50.2 Å². The number of hydrogen-bond donors (Lipinski definition) is 3. The molecule has 3 N–H and O–H groups in total. The van der Waals surface area contributed by atoms with E-state index in [-0.39, 0.29) is 31.1 Å². The molecule has 4 aromatic rings. The first-order valence-electron chi connectivity index (χ1n) is 13.9. The lowest BCUT2D eigenvalue weighted by atomic mass is 10.1. The van der Waals surface area contributed by atoms with Gasteiger partial charge >= 0.3 is 0 Å². The second-order valence-electron chi connectivity index (χ2n) is 9.48. The average Bonchev–Trinajstić information content (AvgIpc) is 3.00. The van der Waals surface area contributed by atoms with Crippen LogP contribution in [0.5, 0.6) is 5.75 Å². The van der Waals surface area contributed by atoms with Crippen LogP contribution in [0.25, 0.3) is 10.9 Å². The van der Waals surface area contributed by atoms with Gasteiger partial charge in [-0.25, -0.2) is 14.4 Å². The van der Waals surface area contributed by atoms with Crippen molar-refractivity contribution in [2.75, 3.05) is 43.7 Å². The first-order valence-corrected chi connectivity index (χ1v) is 13.9. The summed E-state index contributed by atoms with van der Waals surface area (Å²) in [4.78, 5) is 23.5. The van der Waals surface area contributed by atoms with E-state index >= 15 is 0 Å². The number of amides is 1. The number of carbonyl (C=O) groups excluding carboxylic acids is 1. The molecule has 1 amide bonds. The monoisotopic (exact) mass is 573 g/mol. The summed E-state index contributed by atoms with van der Waals surface area (Å²) in [7, 11) is 0. The zero-order chi connectivity index (χ0) is 29.7. The van der Waals surface area contributed by atoms with Crippen molar-refractivity contribution in [3.8, 4) is 5.75 Å². The number of likely N-dealkylation sites (N-methyl/N-ethyl adjacent to an activating group) is 1. The molecule has 42 heavy (non-hydrogen) atoms. The lowest BCUT2D eigenvalue weighted by Gasteiger charge is -2.21. The lowest BCUT2D eigenvalue weighted by molar-refractivity contribution is -0.111. The van der Waals surface area contributed by atoms with Crippen LogP contribution in [0.4, 0.5) is 15.9 Å². The van der Waals surface area contributed by atoms with E-state index in [0.29, 0.717) is 54.5 Å². The van der Waals surface area contributed by atoms with Gasteiger partial charge in [0.2, 0.25) is 5.91 Å². The molecular weight excluding hydrogens is 537 g/mol. The van der Waals surface area contributed by atoms with Gasteiger partial charge in [-0.3, -0.25) is 9.69 Å². The predicted molar refractivity (Wildman–Crippen MR) is 162 cm³/mol. The molecule has 0 saturated heterocycles. The van der Waals surface area contributed by atoms with E-state index in [4.69, 9.17) is 9.47 Å². The van der Waals surface area contributed by atoms with E-state index in [9.17, 15) is 14.3 Å². The minimum atomic E-state index is -0.330. The van der Waals surface area contributed by atoms with Crippen LogP contribution in [-0.4, -0.2) is 58.9 Å². The Morgan fingerprint density at radius 2 is 1.93 bits per heavy atom. The normalized spacial score (nSPS) is 12.1. The first-order chi connectivity index (χ1) is 20.5. The molecule has 0 aliphatic heterocycles. The van der Waals surface area contributed by atoms with Crippen molar-refractivity contribution in [2.45, 2.75) is 26.5 Å². The summed E-state index contributed by atoms with van der Waals surface area (Å²) < 4.78 is 25.4. The second-order valence-corrected chi connectivity index (χ2v) is 9.48. The number of nitrogens with zero attached hydrogens (tertiary/aromatic N) is 3. The largest absolute Gasteiger partial charge is 0.492 e. The molecule has 4 rings (SSSR count). The fraction of sp³-hybridized carbons (Fsp3) is 0.281. The minimum absolute atomic E-state index is 0.0861. The molecule has 1 heterocycles. The van der Waals surface area contributed by atoms with E-state index in [1.165, 1.54) is 24.5 Å². The number of nitrogens with one attached hydrogen (secondary N) is 2. The summed E-state index contributed by atoms with van der Waals surface area (Å²) in [5.41, 5.74) is 2.84. The van der Waals surface area contributed by atoms with Crippen LogP contribution in [0, 0.1) is 5.82 Å². The fourth-order valence-corrected chi connectivity index (χ4v) is 4.33. The highest BCUT2D eigenvalue weighted by Crippen LogP contribution is 2.33. The van der Waals surface area contributed by atoms with Gasteiger partial charge in [0.15, 0.2) is 0 Å². The predicted octanol–water partition coefficient (Wildman–Crippen LogP) is 5.30. The maximum Gasteiger partial charge on any atom is 0.248 e. The zero-order valence-electron chi connectivity index (χ0n) is 23.8. The Kier molecular flexibility index (Phi) is 11.3. The van der Waals surface area contributed by atoms with Crippen LogP contribution in [0.3, 0.4) is 0 Å². The molecule has 0 spiro atoms. The highest BCUT2D eigenvalue weighted by Gasteiger charge is 2.17. The van der Waals surface area contributed by atoms with Crippen molar-refractivity contribution < 1.29 is 23.8 Å². The molecule has 9 nitrogen and oxygen atoms in total. The molecule has 1 atom stereocenters. The summed E-state index contributed by atoms with van der Waals surface area (Å²) in [6, 6.07) is 19.4. The standard InChI is InChI=1S/C32H36FN5O4/c1-3-38(22-39)15-9-14-31(40)36-28-17-26-27(18-30(28)42-4-2)34-21-35-32(26)37-29(24-11-6-5-7-12-24)20-41-19-23-10-8-13-25(33)16-23/h5-14,16-18,21,29,39H,3-4,15,19-20,22H2,1-2H3,(H,36,40)(H,34,35,37)/t29-/m1/s1. The van der Waals surface area contributed by atoms with Crippen LogP contribution in [-0.2, 0) is 16.1 Å². The van der Waals surface area contributed by atoms with Gasteiger partial charge in [-0.2, -0.15) is 0 Å². The molecule has 1 aromatic heterocycles. The summed E-state index contributed by atoms with van der Waals surface area (Å²) in [6.45, 7) is 5.77. The number of anilines is 2. The Labute approximate surface area is 245 Å². The van der Waals surface area contributed by atoms with Crippen LogP contribution in [0.1, 0.15) is 31.0 Å². The number of halogens is 1. The summed E-state index contributed by atoms with van der Waals surface area (Å²) >= 11 is 0. The van der Waals surface area contributed by atoms with Crippen LogP contribution >= 0.6 is 0 Å². The van der Waals surface area contributed by atoms with E-state index < -0.39 is 0 Å². The van der Waals surface area contributed by atoms with Crippen molar-refractivity contribution in [1.29, 1.82) is 0 Å². The third-order valence-corrected chi connectivity index (χ3v) is 6.53. The fourth-order valence-electron chi connectivity index (χ4n) is 4.33. The Hall–Kier alpha value is -4.38. The van der Waals surface area contributed by atoms with Crippen molar-refractivity contribution in [3.05, 3.63) is 102 Å². The molecular formula is C32H36FN5O4. The molecule has 220 valence electrons. The Morgan fingerprint density at radius 3 is 2.67 bits per heavy atom. The van der Waals surface area contributed by atoms with E-state index in [0.717, 1.165) is 11.1 Å². The molecule has 0 unspecified atom stereocenters. The van der Waals surface area contributed by atoms with Gasteiger partial charge in [-0.05, 0) is 42.8 Å². The maximum atomic E-state index is 13.6. The van der Waals surface area contributed by atoms with Gasteiger partial charge in [-0.1, -0.05) is 55.5 Å². The molecule has 0 saturated carbocycles. The highest BCUT2D eigenvalue weighted by molar-refractivity contribution is 6.03. The average molecular weight is 574 g/mol. The molecule has 0 bridgehead atoms. The van der Waals surface area contributed by atoms with E-state index in [2.05, 4.69) is 20.6 Å². The number of carbonyl (C=O) groups is 1. The topological polar surface area (TPSA) is 109 Å². The van der Waals surface area contributed by atoms with Gasteiger partial charge < -0.3 is 25.2 Å². The van der Waals surface area contributed by atoms with Crippen LogP contribution in [0.15, 0.2) is 85.2 Å². The smallest absolute Gasteiger partial charge is 0.248 e. The van der Waals surface area contributed by atoms with Crippen molar-refractivity contribution in [1.82, 2.24) is 14.9 Å². The molecule has 0 fully saturated rings. The maximum absolute atomic E-state index is 13.6. The quantitative estimate of drug-likeness (QED) is 0.130. The van der Waals surface area contributed by atoms with Gasteiger partial charge in [0.25, 0.3) is 0 Å². The SMILES string of the molecule is CCOc1cc2ncnc(N[C@H](COCc3cccc(F)c3)c3ccccc3)c2cc1NC(=O)C=CCN(CC)CO. The highest BCUT2D eigenvalue weighted by atomic mass is 19.1. The summed E-state index contributed by atoms with van der Waals surface area (Å²) in [6.07, 6.45) is 4.60. The Bertz CT molecular complexity index is 1480. The number of fused-ring (bicyclic) bond motifs is 1. The molecule has 0 radical (unpaired) electrons. The van der Waals surface area contributed by atoms with Gasteiger partial charge in [0, 0.05) is 24.1 Å². The molecule has 3 aromatic carbocycles. The van der Waals surface area contributed by atoms with Crippen molar-refractivity contribution in [2.24, 2.45) is 0 Å². The van der Waals surface area contributed by atoms with Crippen LogP contribution in [0.2, 0.25) is 0 Å². The summed E-state index contributed by atoms with van der Waals surface area (Å²) in [5, 5.41) is 16.4.